The minimum Gasteiger partial charge on any atom is -0.454 e. The molecule has 0 spiro atoms. The maximum absolute atomic E-state index is 13.4. The van der Waals surface area contributed by atoms with Crippen molar-refractivity contribution >= 4 is 40.4 Å². The van der Waals surface area contributed by atoms with Gasteiger partial charge in [0, 0.05) is 16.7 Å². The zero-order valence-corrected chi connectivity index (χ0v) is 17.9. The van der Waals surface area contributed by atoms with Crippen molar-refractivity contribution in [2.75, 3.05) is 18.1 Å². The quantitative estimate of drug-likeness (QED) is 0.533. The first-order valence-electron chi connectivity index (χ1n) is 9.98. The number of thioether (sulfide) groups is 1. The Balaban J connectivity index is 1.48. The highest BCUT2D eigenvalue weighted by Crippen LogP contribution is 2.37. The van der Waals surface area contributed by atoms with E-state index in [4.69, 9.17) is 4.74 Å². The molecular formula is C22H20F3N3O3S. The summed E-state index contributed by atoms with van der Waals surface area (Å²) >= 11 is 1.67. The molecule has 1 aliphatic heterocycles. The van der Waals surface area contributed by atoms with Gasteiger partial charge in [-0.05, 0) is 30.7 Å². The number of alkyl halides is 3. The second kappa shape index (κ2) is 8.85. The first kappa shape index (κ1) is 22.2. The van der Waals surface area contributed by atoms with E-state index in [2.05, 4.69) is 11.9 Å². The highest BCUT2D eigenvalue weighted by molar-refractivity contribution is 8.00. The summed E-state index contributed by atoms with van der Waals surface area (Å²) in [5.74, 6) is -2.56. The highest BCUT2D eigenvalue weighted by atomic mass is 32.2. The number of benzene rings is 2. The number of ether oxygens (including phenoxy) is 1. The van der Waals surface area contributed by atoms with Gasteiger partial charge in [-0.15, -0.1) is 11.8 Å². The van der Waals surface area contributed by atoms with Crippen LogP contribution in [0.25, 0.3) is 11.0 Å². The molecule has 2 heterocycles. The van der Waals surface area contributed by atoms with Crippen molar-refractivity contribution in [2.45, 2.75) is 36.2 Å². The van der Waals surface area contributed by atoms with Gasteiger partial charge in [0.15, 0.2) is 6.61 Å². The second-order valence-corrected chi connectivity index (χ2v) is 8.88. The van der Waals surface area contributed by atoms with E-state index < -0.39 is 37.0 Å². The summed E-state index contributed by atoms with van der Waals surface area (Å²) < 4.78 is 46.1. The molecule has 4 rings (SSSR count). The molecule has 0 aliphatic carbocycles. The third-order valence-corrected chi connectivity index (χ3v) is 6.33. The number of halogens is 3. The van der Waals surface area contributed by atoms with Crippen LogP contribution >= 0.6 is 11.8 Å². The molecule has 0 bridgehead atoms. The van der Waals surface area contributed by atoms with E-state index in [0.717, 1.165) is 21.6 Å². The molecule has 0 fully saturated rings. The summed E-state index contributed by atoms with van der Waals surface area (Å²) in [7, 11) is 0. The molecule has 32 heavy (non-hydrogen) atoms. The van der Waals surface area contributed by atoms with Crippen molar-refractivity contribution in [3.05, 3.63) is 54.4 Å². The first-order chi connectivity index (χ1) is 15.2. The van der Waals surface area contributed by atoms with Crippen LogP contribution in [0, 0.1) is 0 Å². The third kappa shape index (κ3) is 4.59. The van der Waals surface area contributed by atoms with Gasteiger partial charge in [0.05, 0.1) is 16.7 Å². The summed E-state index contributed by atoms with van der Waals surface area (Å²) in [4.78, 5) is 31.3. The summed E-state index contributed by atoms with van der Waals surface area (Å²) in [6.07, 6.45) is -3.98. The van der Waals surface area contributed by atoms with Gasteiger partial charge in [0.2, 0.25) is 5.82 Å². The molecular weight excluding hydrogens is 443 g/mol. The number of hydrogen-bond donors (Lipinski definition) is 0. The van der Waals surface area contributed by atoms with Crippen molar-refractivity contribution in [3.63, 3.8) is 0 Å². The molecule has 0 saturated heterocycles. The molecule has 1 unspecified atom stereocenters. The Kier molecular flexibility index (Phi) is 6.14. The number of aromatic nitrogens is 2. The van der Waals surface area contributed by atoms with Crippen LogP contribution in [0.5, 0.6) is 0 Å². The maximum Gasteiger partial charge on any atom is 0.449 e. The number of carbonyl (C=O) groups excluding carboxylic acids is 2. The molecule has 3 aromatic rings. The summed E-state index contributed by atoms with van der Waals surface area (Å²) in [6, 6.07) is 13.5. The van der Waals surface area contributed by atoms with Crippen LogP contribution in [-0.4, -0.2) is 39.8 Å². The molecule has 168 valence electrons. The van der Waals surface area contributed by atoms with Gasteiger partial charge in [-0.2, -0.15) is 13.2 Å². The molecule has 0 saturated carbocycles. The molecule has 0 radical (unpaired) electrons. The Labute approximate surface area is 186 Å². The van der Waals surface area contributed by atoms with Crippen molar-refractivity contribution in [3.8, 4) is 0 Å². The smallest absolute Gasteiger partial charge is 0.449 e. The minimum atomic E-state index is -4.74. The molecule has 0 N–H and O–H groups in total. The van der Waals surface area contributed by atoms with Crippen molar-refractivity contribution < 1.29 is 27.5 Å². The number of nitrogens with zero attached hydrogens (tertiary/aromatic N) is 3. The third-order valence-electron chi connectivity index (χ3n) is 5.10. The molecule has 10 heteroatoms. The predicted molar refractivity (Wildman–Crippen MR) is 114 cm³/mol. The monoisotopic (exact) mass is 463 g/mol. The van der Waals surface area contributed by atoms with Gasteiger partial charge in [-0.25, -0.2) is 4.98 Å². The standard InChI is InChI=1S/C22H20F3N3O3S/c1-14-10-11-27(17-8-4-5-9-18(17)32-14)19(29)13-31-20(30)12-28-16-7-3-2-6-15(16)26-21(28)22(23,24)25/h2-9,14H,10-13H2,1H3. The fourth-order valence-electron chi connectivity index (χ4n) is 3.59. The fraction of sp³-hybridized carbons (Fsp3) is 0.318. The van der Waals surface area contributed by atoms with E-state index in [-0.39, 0.29) is 11.0 Å². The number of carbonyl (C=O) groups is 2. The number of imidazole rings is 1. The normalized spacial score (nSPS) is 16.5. The molecule has 1 aromatic heterocycles. The van der Waals surface area contributed by atoms with Crippen LogP contribution in [0.4, 0.5) is 18.9 Å². The van der Waals surface area contributed by atoms with Gasteiger partial charge in [-0.3, -0.25) is 9.59 Å². The Hall–Kier alpha value is -3.01. The Morgan fingerprint density at radius 2 is 1.88 bits per heavy atom. The molecule has 6 nitrogen and oxygen atoms in total. The largest absolute Gasteiger partial charge is 0.454 e. The van der Waals surface area contributed by atoms with Crippen molar-refractivity contribution in [1.29, 1.82) is 0 Å². The van der Waals surface area contributed by atoms with Gasteiger partial charge in [-0.1, -0.05) is 31.2 Å². The number of esters is 1. The zero-order chi connectivity index (χ0) is 22.9. The summed E-state index contributed by atoms with van der Waals surface area (Å²) in [5, 5.41) is 0.312. The molecule has 1 amide bonds. The van der Waals surface area contributed by atoms with E-state index in [1.54, 1.807) is 28.8 Å². The van der Waals surface area contributed by atoms with Crippen LogP contribution in [0.15, 0.2) is 53.4 Å². The van der Waals surface area contributed by atoms with E-state index >= 15 is 0 Å². The fourth-order valence-corrected chi connectivity index (χ4v) is 4.71. The lowest BCUT2D eigenvalue weighted by atomic mass is 10.2. The lowest BCUT2D eigenvalue weighted by molar-refractivity contribution is -0.152. The number of rotatable bonds is 4. The summed E-state index contributed by atoms with van der Waals surface area (Å²) in [5.41, 5.74) is 1.02. The topological polar surface area (TPSA) is 64.4 Å². The maximum atomic E-state index is 13.4. The Bertz CT molecular complexity index is 1160. The van der Waals surface area contributed by atoms with Gasteiger partial charge < -0.3 is 14.2 Å². The van der Waals surface area contributed by atoms with E-state index in [1.807, 2.05) is 24.3 Å². The van der Waals surface area contributed by atoms with Crippen LogP contribution in [0.1, 0.15) is 19.2 Å². The number of amides is 1. The zero-order valence-electron chi connectivity index (χ0n) is 17.1. The van der Waals surface area contributed by atoms with Crippen molar-refractivity contribution in [2.24, 2.45) is 0 Å². The van der Waals surface area contributed by atoms with E-state index in [9.17, 15) is 22.8 Å². The minimum absolute atomic E-state index is 0.122. The molecule has 1 aliphatic rings. The molecule has 1 atom stereocenters. The number of fused-ring (bicyclic) bond motifs is 2. The first-order valence-corrected chi connectivity index (χ1v) is 10.9. The van der Waals surface area contributed by atoms with Crippen LogP contribution in [-0.2, 0) is 27.0 Å². The van der Waals surface area contributed by atoms with Crippen LogP contribution in [0.2, 0.25) is 0 Å². The van der Waals surface area contributed by atoms with Crippen LogP contribution < -0.4 is 4.90 Å². The van der Waals surface area contributed by atoms with Crippen molar-refractivity contribution in [1.82, 2.24) is 9.55 Å². The lowest BCUT2D eigenvalue weighted by Gasteiger charge is -2.22. The van der Waals surface area contributed by atoms with Gasteiger partial charge in [0.25, 0.3) is 5.91 Å². The average molecular weight is 463 g/mol. The molecule has 2 aromatic carbocycles. The van der Waals surface area contributed by atoms with E-state index in [1.165, 1.54) is 12.1 Å². The Morgan fingerprint density at radius 3 is 2.66 bits per heavy atom. The predicted octanol–water partition coefficient (Wildman–Crippen LogP) is 4.52. The lowest BCUT2D eigenvalue weighted by Crippen LogP contribution is -2.36. The number of hydrogen-bond acceptors (Lipinski definition) is 5. The SMILES string of the molecule is CC1CCN(C(=O)COC(=O)Cn2c(C(F)(F)F)nc3ccccc32)c2ccccc2S1. The van der Waals surface area contributed by atoms with Crippen LogP contribution in [0.3, 0.4) is 0 Å². The van der Waals surface area contributed by atoms with Gasteiger partial charge in [0.1, 0.15) is 6.54 Å². The van der Waals surface area contributed by atoms with E-state index in [0.29, 0.717) is 11.8 Å². The summed E-state index contributed by atoms with van der Waals surface area (Å²) in [6.45, 7) is 1.28. The second-order valence-electron chi connectivity index (χ2n) is 7.40. The highest BCUT2D eigenvalue weighted by Gasteiger charge is 2.38. The number of anilines is 1. The average Bonchev–Trinajstić information content (AvgIpc) is 3.03. The van der Waals surface area contributed by atoms with Gasteiger partial charge >= 0.3 is 12.1 Å². The Morgan fingerprint density at radius 1 is 1.16 bits per heavy atom. The number of para-hydroxylation sites is 3.